The quantitative estimate of drug-likeness (QED) is 0.0348. The molecule has 0 radical (unpaired) electrons. The average molecular weight is 1270 g/mol. The third kappa shape index (κ3) is 13.2. The average Bonchev–Trinajstić information content (AvgIpc) is 1.73. The number of hydrogen-bond donors (Lipinski definition) is 7. The number of allylic oxidation sites excluding steroid dienone is 3. The molecular formula is C65H92N2O23. The maximum atomic E-state index is 15.5. The van der Waals surface area contributed by atoms with E-state index in [1.807, 2.05) is 45.9 Å². The third-order valence-corrected chi connectivity index (χ3v) is 20.9. The Kier molecular flexibility index (Phi) is 20.6. The summed E-state index contributed by atoms with van der Waals surface area (Å²) in [6, 6.07) is -0.997. The van der Waals surface area contributed by atoms with E-state index in [-0.39, 0.29) is 48.3 Å². The molecule has 0 aromatic rings. The first-order chi connectivity index (χ1) is 42.6. The van der Waals surface area contributed by atoms with E-state index in [2.05, 4.69) is 19.2 Å². The van der Waals surface area contributed by atoms with E-state index >= 15 is 4.79 Å². The van der Waals surface area contributed by atoms with Gasteiger partial charge in [0.2, 0.25) is 5.78 Å². The highest BCUT2D eigenvalue weighted by molar-refractivity contribution is 6.26. The summed E-state index contributed by atoms with van der Waals surface area (Å²) in [5.74, 6) is -5.43. The van der Waals surface area contributed by atoms with E-state index in [4.69, 9.17) is 56.8 Å². The van der Waals surface area contributed by atoms with Gasteiger partial charge in [-0.2, -0.15) is 0 Å². The molecular weight excluding hydrogens is 1180 g/mol. The van der Waals surface area contributed by atoms with Gasteiger partial charge in [0, 0.05) is 49.4 Å². The molecule has 1 spiro atoms. The zero-order chi connectivity index (χ0) is 65.1. The van der Waals surface area contributed by atoms with Crippen molar-refractivity contribution >= 4 is 30.4 Å². The van der Waals surface area contributed by atoms with E-state index in [1.54, 1.807) is 32.9 Å². The number of aldehydes is 2. The molecule has 0 aromatic heterocycles. The fourth-order valence-electron chi connectivity index (χ4n) is 16.2. The molecule has 500 valence electrons. The highest BCUT2D eigenvalue weighted by Gasteiger charge is 2.65. The van der Waals surface area contributed by atoms with Crippen molar-refractivity contribution in [2.75, 3.05) is 7.11 Å². The van der Waals surface area contributed by atoms with Crippen molar-refractivity contribution in [3.05, 3.63) is 70.3 Å². The second-order valence-electron chi connectivity index (χ2n) is 27.1. The Labute approximate surface area is 524 Å². The summed E-state index contributed by atoms with van der Waals surface area (Å²) in [4.78, 5) is 67.8. The lowest BCUT2D eigenvalue weighted by Gasteiger charge is -2.56. The molecule has 0 aromatic carbocycles. The molecule has 25 nitrogen and oxygen atoms in total. The third-order valence-electron chi connectivity index (χ3n) is 20.9. The first-order valence-electron chi connectivity index (χ1n) is 31.8. The summed E-state index contributed by atoms with van der Waals surface area (Å²) in [6.07, 6.45) is 0.0130. The van der Waals surface area contributed by atoms with Crippen LogP contribution in [0.25, 0.3) is 0 Å². The van der Waals surface area contributed by atoms with Gasteiger partial charge in [0.15, 0.2) is 43.3 Å². The van der Waals surface area contributed by atoms with Gasteiger partial charge >= 0.3 is 12.1 Å². The van der Waals surface area contributed by atoms with Crippen LogP contribution in [0.4, 0.5) is 4.79 Å². The first kappa shape index (κ1) is 68.1. The standard InChI is InChI=1S/C65H92N2O23/c1-30-12-16-47(86-53-27-63(9,67(77)78)58(37(8)83-53)66-62(76)79-11)31(2)21-43-45(71)22-38(28-68)26-65(43)60(74)54(61(75)90-65)59(73)64(10)42(30)14-13-41-55(64)32(3)20-33(4)56(41)89-51-24-39(23-40(29-69)85-51)84-49-19-17-48(35(6)81-49)87-52-25-46(72)57(36(7)82-52)88-50-18-15-44(70)34(5)80-50/h12-14,21-23,28-29,32-37,40-53,55-58,70-73,77-78H,15-20,24-27H2,1-11H3,(H,66,76). The van der Waals surface area contributed by atoms with E-state index in [9.17, 15) is 50.0 Å². The lowest BCUT2D eigenvalue weighted by molar-refractivity contribution is -0.390. The Morgan fingerprint density at radius 3 is 2.12 bits per heavy atom. The van der Waals surface area contributed by atoms with Gasteiger partial charge in [-0.25, -0.2) is 9.59 Å². The largest absolute Gasteiger partial charge is 0.511 e. The number of rotatable bonds is 14. The van der Waals surface area contributed by atoms with Crippen LogP contribution in [0.5, 0.6) is 0 Å². The van der Waals surface area contributed by atoms with E-state index < -0.39 is 187 Å². The molecule has 1 amide bonds. The Balaban J connectivity index is 0.886. The van der Waals surface area contributed by atoms with Crippen molar-refractivity contribution in [1.82, 2.24) is 10.5 Å². The fourth-order valence-corrected chi connectivity index (χ4v) is 16.2. The summed E-state index contributed by atoms with van der Waals surface area (Å²) in [6.45, 7) is 18.1. The second kappa shape index (κ2) is 27.3. The van der Waals surface area contributed by atoms with Crippen LogP contribution in [0.15, 0.2) is 70.3 Å². The van der Waals surface area contributed by atoms with Gasteiger partial charge in [0.25, 0.3) is 0 Å². The Bertz CT molecular complexity index is 2860. The summed E-state index contributed by atoms with van der Waals surface area (Å²) in [5, 5.41) is 70.3. The molecule has 25 heteroatoms. The van der Waals surface area contributed by atoms with Crippen LogP contribution < -0.4 is 5.32 Å². The van der Waals surface area contributed by atoms with Gasteiger partial charge in [0.1, 0.15) is 35.6 Å². The summed E-state index contributed by atoms with van der Waals surface area (Å²) >= 11 is 0. The molecule has 27 unspecified atom stereocenters. The fraction of sp³-hybridized carbons (Fsp3) is 0.738. The predicted octanol–water partition coefficient (Wildman–Crippen LogP) is 5.93. The molecule has 10 rings (SSSR count). The summed E-state index contributed by atoms with van der Waals surface area (Å²) in [7, 11) is 1.18. The zero-order valence-electron chi connectivity index (χ0n) is 53.1. The topological polar surface area (TPSA) is 333 Å². The molecule has 27 atom stereocenters. The lowest BCUT2D eigenvalue weighted by atomic mass is 9.49. The van der Waals surface area contributed by atoms with Crippen molar-refractivity contribution < 1.29 is 112 Å². The minimum Gasteiger partial charge on any atom is -0.511 e. The maximum Gasteiger partial charge on any atom is 0.407 e. The number of hydrogen-bond acceptors (Lipinski definition) is 24. The number of carbonyl (C=O) groups excluding carboxylic acids is 5. The van der Waals surface area contributed by atoms with Crippen LogP contribution in [0.2, 0.25) is 0 Å². The zero-order valence-corrected chi connectivity index (χ0v) is 53.1. The molecule has 6 heterocycles. The number of aliphatic hydroxyl groups excluding tert-OH is 4. The highest BCUT2D eigenvalue weighted by Crippen LogP contribution is 2.61. The van der Waals surface area contributed by atoms with Crippen LogP contribution in [0.3, 0.4) is 0 Å². The maximum absolute atomic E-state index is 15.5. The Hall–Kier alpha value is -4.81. The number of amides is 1. The number of ketones is 1. The van der Waals surface area contributed by atoms with Gasteiger partial charge in [0.05, 0.1) is 92.1 Å². The number of carbonyl (C=O) groups is 5. The molecule has 5 saturated heterocycles. The van der Waals surface area contributed by atoms with Gasteiger partial charge in [-0.05, 0) is 115 Å². The van der Waals surface area contributed by atoms with E-state index in [1.165, 1.54) is 20.1 Å². The molecule has 4 aliphatic carbocycles. The van der Waals surface area contributed by atoms with Gasteiger partial charge in [-0.15, -0.1) is 0 Å². The van der Waals surface area contributed by atoms with Gasteiger partial charge < -0.3 is 87.4 Å². The predicted molar refractivity (Wildman–Crippen MR) is 313 cm³/mol. The molecule has 1 saturated carbocycles. The second-order valence-corrected chi connectivity index (χ2v) is 27.1. The van der Waals surface area contributed by atoms with Gasteiger partial charge in [-0.1, -0.05) is 55.9 Å². The molecule has 90 heavy (non-hydrogen) atoms. The van der Waals surface area contributed by atoms with Crippen molar-refractivity contribution in [2.24, 2.45) is 40.9 Å². The van der Waals surface area contributed by atoms with Gasteiger partial charge in [-0.3, -0.25) is 20.0 Å². The number of nitrogens with one attached hydrogen (secondary N) is 1. The van der Waals surface area contributed by atoms with Crippen LogP contribution in [0, 0.1) is 40.9 Å². The number of alkyl carbamates (subject to hydrolysis) is 1. The summed E-state index contributed by atoms with van der Waals surface area (Å²) < 4.78 is 74.8. The number of fused-ring (bicyclic) bond motifs is 4. The number of Topliss-reactive ketones (excluding diaryl/α,β-unsaturated/α-hetero) is 1. The van der Waals surface area contributed by atoms with Crippen molar-refractivity contribution in [1.29, 1.82) is 0 Å². The number of methoxy groups -OCH3 is 1. The van der Waals surface area contributed by atoms with Crippen LogP contribution in [-0.4, -0.2) is 195 Å². The summed E-state index contributed by atoms with van der Waals surface area (Å²) in [5.41, 5.74) is -4.59. The monoisotopic (exact) mass is 1270 g/mol. The first-order valence-corrected chi connectivity index (χ1v) is 31.8. The molecule has 6 fully saturated rings. The van der Waals surface area contributed by atoms with Crippen molar-refractivity contribution in [2.45, 2.75) is 255 Å². The van der Waals surface area contributed by atoms with E-state index in [0.717, 1.165) is 5.57 Å². The molecule has 2 bridgehead atoms. The minimum absolute atomic E-state index is 0.00828. The smallest absolute Gasteiger partial charge is 0.407 e. The van der Waals surface area contributed by atoms with Crippen LogP contribution >= 0.6 is 0 Å². The Morgan fingerprint density at radius 1 is 0.744 bits per heavy atom. The minimum atomic E-state index is -2.18. The van der Waals surface area contributed by atoms with Crippen LogP contribution in [0.1, 0.15) is 133 Å². The lowest BCUT2D eigenvalue weighted by Crippen LogP contribution is -2.68. The molecule has 10 aliphatic rings. The number of ether oxygens (including phenoxy) is 12. The highest BCUT2D eigenvalue weighted by atomic mass is 16.8. The number of aliphatic hydroxyl groups is 4. The number of nitrogens with zero attached hydrogens (tertiary/aromatic N) is 1. The Morgan fingerprint density at radius 2 is 1.44 bits per heavy atom. The van der Waals surface area contributed by atoms with E-state index in [0.29, 0.717) is 56.0 Å². The van der Waals surface area contributed by atoms with Crippen molar-refractivity contribution in [3.63, 3.8) is 0 Å². The number of esters is 1. The number of hydroxylamine groups is 2. The molecule has 7 N–H and O–H groups in total. The SMILES string of the molecule is COC(=O)NC1C(C)OC(OC2CC=C(C)C3C=CC4C(OC5CC(OC6CCC(OC7CC(O)C(OC8CCC(O)C(C)O8)C(C)O7)C(C)O6)=CC(C=O)O5)C(C)CC(C)C4C3(C)C(O)=C3C(=O)OC4(CC(C=O)=CC(O)C4C=C2C)C3=O)CC1(C)N(O)O. The van der Waals surface area contributed by atoms with Crippen molar-refractivity contribution in [3.8, 4) is 0 Å². The molecule has 6 aliphatic heterocycles. The van der Waals surface area contributed by atoms with Crippen LogP contribution in [-0.2, 0) is 76.0 Å². The normalized spacial score (nSPS) is 45.8.